The van der Waals surface area contributed by atoms with Crippen molar-refractivity contribution in [1.29, 1.82) is 0 Å². The number of nitrogens with two attached hydrogens (primary N) is 1. The van der Waals surface area contributed by atoms with Crippen LogP contribution in [0.2, 0.25) is 0 Å². The summed E-state index contributed by atoms with van der Waals surface area (Å²) in [4.78, 5) is 56.8. The molecule has 0 radical (unpaired) electrons. The third-order valence-corrected chi connectivity index (χ3v) is 26.3. The number of carboxylic acids is 1. The fraction of sp³-hybridized carbons (Fsp3) is 0.914. The largest absolute Gasteiger partial charge is 0.479 e. The van der Waals surface area contributed by atoms with E-state index in [2.05, 4.69) is 46.0 Å². The maximum absolute atomic E-state index is 16.0. The first-order valence-corrected chi connectivity index (χ1v) is 36.9. The highest BCUT2D eigenvalue weighted by Crippen LogP contribution is 2.76. The molecule has 6 heterocycles. The number of carbonyl (C=O) groups is 4. The van der Waals surface area contributed by atoms with Crippen molar-refractivity contribution in [1.82, 2.24) is 5.32 Å². The Bertz CT molecular complexity index is 3050. The van der Waals surface area contributed by atoms with Crippen molar-refractivity contribution < 1.29 is 163 Å². The summed E-state index contributed by atoms with van der Waals surface area (Å²) in [6, 6.07) is -1.44. The van der Waals surface area contributed by atoms with E-state index in [0.717, 1.165) is 11.9 Å². The van der Waals surface area contributed by atoms with Gasteiger partial charge in [0.25, 0.3) is 0 Å². The number of unbranched alkanes of at least 4 members (excludes halogenated alkanes) is 2. The number of esters is 1. The van der Waals surface area contributed by atoms with Gasteiger partial charge in [-0.05, 0) is 124 Å². The molecule has 35 nitrogen and oxygen atoms in total. The number of hydrogen-bond acceptors (Lipinski definition) is 33. The van der Waals surface area contributed by atoms with Crippen LogP contribution in [0.3, 0.4) is 0 Å². The summed E-state index contributed by atoms with van der Waals surface area (Å²) in [5.74, 6) is -4.69. The lowest BCUT2D eigenvalue weighted by atomic mass is 9.33. The monoisotopic (exact) mass is 1510 g/mol. The van der Waals surface area contributed by atoms with Crippen LogP contribution in [0.1, 0.15) is 132 Å². The Kier molecular flexibility index (Phi) is 25.2. The van der Waals surface area contributed by atoms with Gasteiger partial charge in [0.05, 0.1) is 56.2 Å². The third kappa shape index (κ3) is 14.9. The summed E-state index contributed by atoms with van der Waals surface area (Å²) in [5.41, 5.74) is 0.706. The first-order chi connectivity index (χ1) is 49.4. The van der Waals surface area contributed by atoms with Gasteiger partial charge >= 0.3 is 11.9 Å². The minimum Gasteiger partial charge on any atom is -0.479 e. The smallest absolute Gasteiger partial charge is 0.335 e. The number of hydrogen-bond donors (Lipinski definition) is 19. The minimum absolute atomic E-state index is 0.0129. The highest BCUT2D eigenvalue weighted by Gasteiger charge is 2.73. The molecule has 6 saturated heterocycles. The number of amides is 1. The summed E-state index contributed by atoms with van der Waals surface area (Å²) in [6.07, 6.45) is -44.8. The number of aliphatic hydroxyl groups is 16. The molecule has 6 aliphatic heterocycles. The van der Waals surface area contributed by atoms with Crippen LogP contribution >= 0.6 is 0 Å². The number of aliphatic carboxylic acids is 1. The maximum atomic E-state index is 16.0. The molecule has 4 saturated carbocycles. The Labute approximate surface area is 607 Å². The molecule has 105 heavy (non-hydrogen) atoms. The highest BCUT2D eigenvalue weighted by atomic mass is 16.8. The SMILES string of the molecule is CC1O[C@@H](OC2C(O)[C@@H](NC(=O)CCCCCN)C(CO)O[C@H]2OC(=O)[C@]23CCC(C)(C)CC2C2=CCC4C5(C)CC[C@H](O[C@@H]6OC(C(=O)O)[C@@H](O)C(O[C@@H]7OC[C@@H](O)C(O)C7O)C6O[C@@H]6OC(CO)[C@H](O)C(O)C6O)C(C)(C=O)C5CCC4(C)C2(C)CC3O)C(O)C(O)[C@H]1O[C@@H]1OC[C@@H](O)C(O)C1O. The first-order valence-electron chi connectivity index (χ1n) is 36.9. The van der Waals surface area contributed by atoms with Gasteiger partial charge in [-0.3, -0.25) is 9.59 Å². The van der Waals surface area contributed by atoms with Crippen LogP contribution in [0.15, 0.2) is 11.6 Å². The summed E-state index contributed by atoms with van der Waals surface area (Å²) in [5, 5.41) is 191. The second-order valence-corrected chi connectivity index (χ2v) is 33.0. The van der Waals surface area contributed by atoms with E-state index in [1.807, 2.05) is 0 Å². The normalized spacial score (nSPS) is 51.3. The zero-order valence-electron chi connectivity index (χ0n) is 60.1. The number of rotatable bonds is 22. The Morgan fingerprint density at radius 1 is 0.581 bits per heavy atom. The molecular weight excluding hydrogens is 1400 g/mol. The molecule has 10 fully saturated rings. The fourth-order valence-corrected chi connectivity index (χ4v) is 19.9. The van der Waals surface area contributed by atoms with Gasteiger partial charge in [-0.15, -0.1) is 0 Å². The zero-order chi connectivity index (χ0) is 76.7. The second-order valence-electron chi connectivity index (χ2n) is 33.0. The molecule has 1 amide bonds. The molecule has 5 aliphatic carbocycles. The molecular formula is C70H112N2O33. The van der Waals surface area contributed by atoms with Crippen LogP contribution < -0.4 is 11.1 Å². The van der Waals surface area contributed by atoms with Crippen LogP contribution in [-0.2, 0) is 76.0 Å². The lowest BCUT2D eigenvalue weighted by Gasteiger charge is -2.71. The average Bonchev–Trinajstić information content (AvgIpc) is 0.671. The second kappa shape index (κ2) is 32.1. The molecule has 38 atom stereocenters. The standard InChI is InChI=1S/C70H112N2O33/c1-28-52(100-58-47(86)41(80)31(76)25-94-58)46(85)50(89)60(96-28)103-55-44(83)40(72-39(79)11-9-8-10-20-71)33(23-73)97-62(55)105-64(93)70-19-18-65(2,3)21-30(70)29-12-13-36-66(4)16-15-38(67(5,27-75)35(66)14-17-68(36,6)69(29,7)22-37(70)78)99-63-56(104-61-49(88)45(84)43(82)34(24-74)98-61)53(51(90)54(102-63)57(91)92)101-59-48(87)42(81)32(77)26-95-59/h12,27-28,30-38,40-56,58-63,73-74,76-78,80-90H,8-11,13-26,71H2,1-7H3,(H,72,79)(H,91,92)/t28?,30?,31-,32-,33?,34?,35?,36?,37?,38+,40+,41?,42?,43+,44?,45?,46?,47?,48?,49?,50?,51+,52+,53?,54?,55?,56?,58+,59+,60+,61+,62+,63-,66?,67?,68?,69?,70-/m1/s1. The molecule has 600 valence electrons. The summed E-state index contributed by atoms with van der Waals surface area (Å²) in [7, 11) is 0. The van der Waals surface area contributed by atoms with Crippen molar-refractivity contribution in [3.05, 3.63) is 11.6 Å². The Morgan fingerprint density at radius 2 is 1.17 bits per heavy atom. The van der Waals surface area contributed by atoms with Gasteiger partial charge in [0.2, 0.25) is 12.2 Å². The quantitative estimate of drug-likeness (QED) is 0.0158. The molecule has 0 aromatic rings. The van der Waals surface area contributed by atoms with Crippen molar-refractivity contribution in [3.8, 4) is 0 Å². The van der Waals surface area contributed by atoms with Gasteiger partial charge in [0, 0.05) is 6.42 Å². The van der Waals surface area contributed by atoms with Crippen molar-refractivity contribution in [2.75, 3.05) is 33.0 Å². The molecule has 0 aromatic carbocycles. The number of ether oxygens (including phenoxy) is 12. The third-order valence-electron chi connectivity index (χ3n) is 26.3. The van der Waals surface area contributed by atoms with E-state index < -0.39 is 273 Å². The maximum Gasteiger partial charge on any atom is 0.335 e. The van der Waals surface area contributed by atoms with E-state index in [4.69, 9.17) is 62.6 Å². The van der Waals surface area contributed by atoms with Crippen molar-refractivity contribution in [2.45, 2.75) is 316 Å². The number of aldehydes is 1. The van der Waals surface area contributed by atoms with Gasteiger partial charge in [-0.25, -0.2) is 4.79 Å². The summed E-state index contributed by atoms with van der Waals surface area (Å²) < 4.78 is 72.8. The van der Waals surface area contributed by atoms with Gasteiger partial charge in [-0.2, -0.15) is 0 Å². The summed E-state index contributed by atoms with van der Waals surface area (Å²) >= 11 is 0. The molecule has 24 unspecified atom stereocenters. The number of allylic oxidation sites excluding steroid dienone is 2. The van der Waals surface area contributed by atoms with Crippen molar-refractivity contribution in [3.63, 3.8) is 0 Å². The number of nitrogens with one attached hydrogen (secondary N) is 1. The highest BCUT2D eigenvalue weighted by molar-refractivity contribution is 5.80. The van der Waals surface area contributed by atoms with Gasteiger partial charge in [0.1, 0.15) is 122 Å². The van der Waals surface area contributed by atoms with E-state index in [0.29, 0.717) is 64.3 Å². The zero-order valence-corrected chi connectivity index (χ0v) is 60.1. The summed E-state index contributed by atoms with van der Waals surface area (Å²) in [6.45, 7) is 11.2. The first kappa shape index (κ1) is 82.7. The van der Waals surface area contributed by atoms with Crippen LogP contribution in [0.4, 0.5) is 0 Å². The van der Waals surface area contributed by atoms with E-state index in [1.54, 1.807) is 6.92 Å². The molecule has 0 aromatic heterocycles. The average molecular weight is 1510 g/mol. The van der Waals surface area contributed by atoms with Gasteiger partial charge in [0.15, 0.2) is 43.7 Å². The topological polar surface area (TPSA) is 561 Å². The minimum atomic E-state index is -2.23. The van der Waals surface area contributed by atoms with Gasteiger partial charge in [-0.1, -0.05) is 59.6 Å². The Hall–Kier alpha value is -3.30. The van der Waals surface area contributed by atoms with Crippen LogP contribution in [0.25, 0.3) is 0 Å². The van der Waals surface area contributed by atoms with E-state index in [-0.39, 0.29) is 31.6 Å². The van der Waals surface area contributed by atoms with Crippen molar-refractivity contribution >= 4 is 24.1 Å². The molecule has 0 spiro atoms. The number of carboxylic acid groups (broad SMARTS) is 1. The van der Waals surface area contributed by atoms with E-state index >= 15 is 4.79 Å². The number of aliphatic hydroxyl groups excluding tert-OH is 16. The van der Waals surface area contributed by atoms with E-state index in [9.17, 15) is 101 Å². The fourth-order valence-electron chi connectivity index (χ4n) is 19.9. The molecule has 0 bridgehead atoms. The van der Waals surface area contributed by atoms with Gasteiger partial charge < -0.3 is 159 Å². The molecule has 11 aliphatic rings. The Morgan fingerprint density at radius 3 is 1.79 bits per heavy atom. The number of fused-ring (bicyclic) bond motifs is 7. The molecule has 11 rings (SSSR count). The predicted molar refractivity (Wildman–Crippen MR) is 350 cm³/mol. The van der Waals surface area contributed by atoms with E-state index in [1.165, 1.54) is 6.92 Å². The lowest BCUT2D eigenvalue weighted by molar-refractivity contribution is -0.391. The van der Waals surface area contributed by atoms with Crippen LogP contribution in [0.5, 0.6) is 0 Å². The van der Waals surface area contributed by atoms with Crippen molar-refractivity contribution in [2.24, 2.45) is 56.0 Å². The number of carbonyl (C=O) groups excluding carboxylic acids is 3. The Balaban J connectivity index is 0.875. The molecule has 20 N–H and O–H groups in total. The predicted octanol–water partition coefficient (Wildman–Crippen LogP) is -5.20. The molecule has 35 heteroatoms. The van der Waals surface area contributed by atoms with Crippen LogP contribution in [-0.4, -0.2) is 328 Å². The van der Waals surface area contributed by atoms with Crippen LogP contribution in [0, 0.1) is 50.2 Å². The lowest BCUT2D eigenvalue weighted by Crippen LogP contribution is -2.70.